The number of carbonyl (C=O) groups is 3. The zero-order chi connectivity index (χ0) is 23.3. The Morgan fingerprint density at radius 1 is 1.19 bits per heavy atom. The van der Waals surface area contributed by atoms with E-state index in [1.54, 1.807) is 61.5 Å². The van der Waals surface area contributed by atoms with Gasteiger partial charge in [0.1, 0.15) is 11.5 Å². The highest BCUT2D eigenvalue weighted by Crippen LogP contribution is 2.34. The van der Waals surface area contributed by atoms with Gasteiger partial charge in [-0.3, -0.25) is 15.0 Å². The molecule has 1 fully saturated rings. The maximum Gasteiger partial charge on any atom is 0.344 e. The van der Waals surface area contributed by atoms with Crippen LogP contribution < -0.4 is 14.9 Å². The van der Waals surface area contributed by atoms with Crippen LogP contribution in [0.1, 0.15) is 29.3 Å². The van der Waals surface area contributed by atoms with Crippen molar-refractivity contribution in [2.75, 3.05) is 7.11 Å². The fraction of sp³-hybridized carbons (Fsp3) is 0.182. The van der Waals surface area contributed by atoms with Crippen LogP contribution in [0.5, 0.6) is 11.5 Å². The molecular weight excluding hydrogens is 452 g/mol. The summed E-state index contributed by atoms with van der Waals surface area (Å²) in [5, 5.41) is 10.3. The predicted molar refractivity (Wildman–Crippen MR) is 124 cm³/mol. The normalized spacial score (nSPS) is 15.6. The van der Waals surface area contributed by atoms with Crippen molar-refractivity contribution in [2.24, 2.45) is 0 Å². The molecule has 166 valence electrons. The number of nitrogens with one attached hydrogen (secondary N) is 1. The molecule has 0 spiro atoms. The maximum absolute atomic E-state index is 12.9. The first-order valence-corrected chi connectivity index (χ1v) is 10.8. The van der Waals surface area contributed by atoms with E-state index in [-0.39, 0.29) is 21.2 Å². The lowest BCUT2D eigenvalue weighted by Crippen LogP contribution is -2.44. The smallest absolute Gasteiger partial charge is 0.344 e. The molecule has 2 amide bonds. The van der Waals surface area contributed by atoms with Crippen molar-refractivity contribution in [3.8, 4) is 11.5 Å². The quantitative estimate of drug-likeness (QED) is 0.444. The van der Waals surface area contributed by atoms with Crippen LogP contribution in [0.3, 0.4) is 0 Å². The number of nitrogens with zero attached hydrogens (tertiary/aromatic N) is 1. The summed E-state index contributed by atoms with van der Waals surface area (Å²) in [6.45, 7) is 1.71. The number of thiocarbonyl (C=S) groups is 1. The highest BCUT2D eigenvalue weighted by Gasteiger charge is 2.34. The van der Waals surface area contributed by atoms with Crippen LogP contribution in [0, 0.1) is 0 Å². The molecule has 3 rings (SSSR count). The molecule has 32 heavy (non-hydrogen) atoms. The van der Waals surface area contributed by atoms with Crippen LogP contribution in [0.15, 0.2) is 53.4 Å². The predicted octanol–water partition coefficient (Wildman–Crippen LogP) is 3.48. The van der Waals surface area contributed by atoms with Gasteiger partial charge in [0.15, 0.2) is 10.4 Å². The molecule has 1 aliphatic heterocycles. The number of thioether (sulfide) groups is 1. The molecule has 0 saturated carbocycles. The number of amides is 2. The van der Waals surface area contributed by atoms with Gasteiger partial charge in [0.25, 0.3) is 11.8 Å². The van der Waals surface area contributed by atoms with E-state index in [4.69, 9.17) is 21.7 Å². The average molecular weight is 473 g/mol. The number of carboxylic acids is 1. The summed E-state index contributed by atoms with van der Waals surface area (Å²) < 4.78 is 10.9. The summed E-state index contributed by atoms with van der Waals surface area (Å²) in [4.78, 5) is 37.1. The average Bonchev–Trinajstić information content (AvgIpc) is 3.05. The van der Waals surface area contributed by atoms with Crippen molar-refractivity contribution >= 4 is 52.2 Å². The molecule has 0 radical (unpaired) electrons. The Balaban J connectivity index is 1.82. The second-order valence-corrected chi connectivity index (χ2v) is 8.22. The minimum absolute atomic E-state index is 0.153. The Bertz CT molecular complexity index is 1100. The SMILES string of the molecule is CCC(Oc1ccccc1/C=C1/SC(=S)N(NC(=O)c2ccccc2OC)C1=O)C(=O)O. The first kappa shape index (κ1) is 23.3. The summed E-state index contributed by atoms with van der Waals surface area (Å²) in [5.74, 6) is -1.45. The number of carbonyl (C=O) groups excluding carboxylic acids is 2. The van der Waals surface area contributed by atoms with Crippen molar-refractivity contribution in [1.82, 2.24) is 10.4 Å². The molecule has 2 N–H and O–H groups in total. The molecule has 10 heteroatoms. The second-order valence-electron chi connectivity index (χ2n) is 6.55. The molecule has 0 aliphatic carbocycles. The van der Waals surface area contributed by atoms with Gasteiger partial charge in [0, 0.05) is 5.56 Å². The lowest BCUT2D eigenvalue weighted by Gasteiger charge is -2.17. The molecule has 1 saturated heterocycles. The van der Waals surface area contributed by atoms with E-state index >= 15 is 0 Å². The van der Waals surface area contributed by atoms with Gasteiger partial charge in [-0.15, -0.1) is 0 Å². The van der Waals surface area contributed by atoms with Crippen molar-refractivity contribution in [3.05, 3.63) is 64.6 Å². The summed E-state index contributed by atoms with van der Waals surface area (Å²) in [6, 6.07) is 13.4. The van der Waals surface area contributed by atoms with Crippen LogP contribution in [0.2, 0.25) is 0 Å². The second kappa shape index (κ2) is 10.3. The molecule has 1 unspecified atom stereocenters. The number of hydrazine groups is 1. The zero-order valence-corrected chi connectivity index (χ0v) is 18.9. The number of para-hydroxylation sites is 2. The Hall–Kier alpha value is -3.37. The van der Waals surface area contributed by atoms with E-state index in [1.165, 1.54) is 7.11 Å². The van der Waals surface area contributed by atoms with Gasteiger partial charge in [-0.1, -0.05) is 49.0 Å². The highest BCUT2D eigenvalue weighted by atomic mass is 32.2. The van der Waals surface area contributed by atoms with E-state index in [1.807, 2.05) is 0 Å². The summed E-state index contributed by atoms with van der Waals surface area (Å²) in [5.41, 5.74) is 3.28. The van der Waals surface area contributed by atoms with E-state index in [0.717, 1.165) is 16.8 Å². The third-order valence-electron chi connectivity index (χ3n) is 4.48. The topological polar surface area (TPSA) is 105 Å². The third kappa shape index (κ3) is 5.09. The third-order valence-corrected chi connectivity index (χ3v) is 5.78. The van der Waals surface area contributed by atoms with E-state index in [0.29, 0.717) is 17.1 Å². The molecule has 0 bridgehead atoms. The number of benzene rings is 2. The Kier molecular flexibility index (Phi) is 7.49. The number of aliphatic carboxylic acids is 1. The number of methoxy groups -OCH3 is 1. The molecule has 1 aliphatic rings. The number of ether oxygens (including phenoxy) is 2. The van der Waals surface area contributed by atoms with Crippen molar-refractivity contribution in [1.29, 1.82) is 0 Å². The number of rotatable bonds is 8. The van der Waals surface area contributed by atoms with Crippen LogP contribution in [-0.4, -0.2) is 45.4 Å². The largest absolute Gasteiger partial charge is 0.496 e. The lowest BCUT2D eigenvalue weighted by molar-refractivity contribution is -0.145. The highest BCUT2D eigenvalue weighted by molar-refractivity contribution is 8.26. The van der Waals surface area contributed by atoms with Crippen molar-refractivity contribution in [2.45, 2.75) is 19.4 Å². The first-order chi connectivity index (χ1) is 15.3. The maximum atomic E-state index is 12.9. The first-order valence-electron chi connectivity index (χ1n) is 9.56. The van der Waals surface area contributed by atoms with Crippen molar-refractivity contribution < 1.29 is 29.0 Å². The standard InChI is InChI=1S/C22H20N2O6S2/c1-3-15(21(27)28)30-16-10-6-4-8-13(16)12-18-20(26)24(22(31)32-18)23-19(25)14-9-5-7-11-17(14)29-2/h4-12,15H,3H2,1-2H3,(H,23,25)(H,27,28)/b18-12+. The molecule has 1 heterocycles. The monoisotopic (exact) mass is 472 g/mol. The van der Waals surface area contributed by atoms with Gasteiger partial charge in [0.05, 0.1) is 17.6 Å². The zero-order valence-electron chi connectivity index (χ0n) is 17.2. The molecular formula is C22H20N2O6S2. The minimum Gasteiger partial charge on any atom is -0.496 e. The van der Waals surface area contributed by atoms with Gasteiger partial charge in [-0.25, -0.2) is 4.79 Å². The Labute approximate surface area is 194 Å². The molecule has 2 aromatic carbocycles. The van der Waals surface area contributed by atoms with Crippen molar-refractivity contribution in [3.63, 3.8) is 0 Å². The Morgan fingerprint density at radius 2 is 1.84 bits per heavy atom. The Morgan fingerprint density at radius 3 is 2.50 bits per heavy atom. The van der Waals surface area contributed by atoms with Crippen LogP contribution in [-0.2, 0) is 9.59 Å². The summed E-state index contributed by atoms with van der Waals surface area (Å²) >= 11 is 6.28. The number of hydrogen-bond donors (Lipinski definition) is 2. The van der Waals surface area contributed by atoms with Gasteiger partial charge in [-0.2, -0.15) is 5.01 Å². The molecule has 1 atom stereocenters. The molecule has 0 aromatic heterocycles. The summed E-state index contributed by atoms with van der Waals surface area (Å²) in [7, 11) is 1.45. The van der Waals surface area contributed by atoms with E-state index < -0.39 is 23.9 Å². The number of hydrogen-bond acceptors (Lipinski definition) is 7. The molecule has 2 aromatic rings. The fourth-order valence-electron chi connectivity index (χ4n) is 2.87. The van der Waals surface area contributed by atoms with Crippen LogP contribution >= 0.6 is 24.0 Å². The minimum atomic E-state index is -1.08. The lowest BCUT2D eigenvalue weighted by atomic mass is 10.1. The van der Waals surface area contributed by atoms with E-state index in [9.17, 15) is 19.5 Å². The van der Waals surface area contributed by atoms with Crippen LogP contribution in [0.4, 0.5) is 0 Å². The number of carboxylic acid groups (broad SMARTS) is 1. The van der Waals surface area contributed by atoms with Gasteiger partial charge >= 0.3 is 5.97 Å². The van der Waals surface area contributed by atoms with Gasteiger partial charge in [-0.05, 0) is 42.9 Å². The van der Waals surface area contributed by atoms with Gasteiger partial charge < -0.3 is 14.6 Å². The fourth-order valence-corrected chi connectivity index (χ4v) is 4.04. The molecule has 8 nitrogen and oxygen atoms in total. The van der Waals surface area contributed by atoms with Crippen LogP contribution in [0.25, 0.3) is 6.08 Å². The van der Waals surface area contributed by atoms with E-state index in [2.05, 4.69) is 5.43 Å². The summed E-state index contributed by atoms with van der Waals surface area (Å²) in [6.07, 6.45) is 0.818. The van der Waals surface area contributed by atoms with Gasteiger partial charge in [0.2, 0.25) is 0 Å².